The van der Waals surface area contributed by atoms with Crippen molar-refractivity contribution in [3.8, 4) is 5.75 Å². The van der Waals surface area contributed by atoms with Crippen LogP contribution in [0.5, 0.6) is 5.75 Å². The molecule has 0 aromatic heterocycles. The maximum Gasteiger partial charge on any atom is 0.150 e. The first-order valence-corrected chi connectivity index (χ1v) is 2.49. The van der Waals surface area contributed by atoms with Gasteiger partial charge in [0.1, 0.15) is 12.0 Å². The van der Waals surface area contributed by atoms with E-state index in [4.69, 9.17) is 5.11 Å². The fraction of sp³-hybridized carbons (Fsp3) is 0. The molecule has 2 nitrogen and oxygen atoms in total. The molecule has 1 rings (SSSR count). The maximum absolute atomic E-state index is 10.0. The Balaban J connectivity index is 3.01. The van der Waals surface area contributed by atoms with E-state index >= 15 is 0 Å². The van der Waals surface area contributed by atoms with Crippen molar-refractivity contribution in [3.63, 3.8) is 0 Å². The molecule has 0 unspecified atom stereocenters. The summed E-state index contributed by atoms with van der Waals surface area (Å²) in [5, 5.41) is 8.68. The van der Waals surface area contributed by atoms with Crippen molar-refractivity contribution >= 4 is 6.29 Å². The van der Waals surface area contributed by atoms with E-state index in [0.29, 0.717) is 11.8 Å². The van der Waals surface area contributed by atoms with Gasteiger partial charge in [0.25, 0.3) is 0 Å². The Morgan fingerprint density at radius 2 is 2.33 bits per heavy atom. The first-order chi connectivity index (χ1) is 4.33. The van der Waals surface area contributed by atoms with Crippen LogP contribution in [0, 0.1) is 6.07 Å². The van der Waals surface area contributed by atoms with Crippen LogP contribution in [0.15, 0.2) is 18.2 Å². The molecule has 0 aliphatic rings. The molecule has 0 fully saturated rings. The first kappa shape index (κ1) is 5.82. The zero-order valence-electron chi connectivity index (χ0n) is 4.66. The Hall–Kier alpha value is -1.31. The molecule has 0 spiro atoms. The number of aldehydes is 1. The molecule has 1 radical (unpaired) electrons. The minimum atomic E-state index is 0.0561. The lowest BCUT2D eigenvalue weighted by atomic mass is 10.2. The fourth-order valence-corrected chi connectivity index (χ4v) is 0.502. The molecular formula is C7H5O2. The van der Waals surface area contributed by atoms with Crippen molar-refractivity contribution in [2.45, 2.75) is 0 Å². The quantitative estimate of drug-likeness (QED) is 0.563. The number of benzene rings is 1. The second-order valence-corrected chi connectivity index (χ2v) is 1.63. The van der Waals surface area contributed by atoms with E-state index < -0.39 is 0 Å². The number of carbonyl (C=O) groups excluding carboxylic acids is 1. The molecule has 45 valence electrons. The Labute approximate surface area is 52.8 Å². The number of hydrogen-bond acceptors (Lipinski definition) is 2. The van der Waals surface area contributed by atoms with Crippen molar-refractivity contribution in [1.82, 2.24) is 0 Å². The summed E-state index contributed by atoms with van der Waals surface area (Å²) >= 11 is 0. The predicted molar refractivity (Wildman–Crippen MR) is 32.3 cm³/mol. The second-order valence-electron chi connectivity index (χ2n) is 1.63. The normalized spacial score (nSPS) is 8.89. The monoisotopic (exact) mass is 121 g/mol. The van der Waals surface area contributed by atoms with Gasteiger partial charge in [0, 0.05) is 11.6 Å². The van der Waals surface area contributed by atoms with Crippen LogP contribution in [-0.2, 0) is 0 Å². The van der Waals surface area contributed by atoms with Gasteiger partial charge >= 0.3 is 0 Å². The summed E-state index contributed by atoms with van der Waals surface area (Å²) in [5.41, 5.74) is 0.521. The van der Waals surface area contributed by atoms with Gasteiger partial charge in [-0.1, -0.05) is 0 Å². The van der Waals surface area contributed by atoms with Gasteiger partial charge in [-0.25, -0.2) is 0 Å². The maximum atomic E-state index is 10.0. The van der Waals surface area contributed by atoms with E-state index in [1.54, 1.807) is 0 Å². The summed E-state index contributed by atoms with van der Waals surface area (Å²) in [4.78, 5) is 10.0. The zero-order chi connectivity index (χ0) is 6.69. The van der Waals surface area contributed by atoms with E-state index in [-0.39, 0.29) is 5.75 Å². The Morgan fingerprint density at radius 3 is 2.78 bits per heavy atom. The van der Waals surface area contributed by atoms with Gasteiger partial charge in [0.2, 0.25) is 0 Å². The molecule has 0 aliphatic heterocycles. The number of phenols is 1. The van der Waals surface area contributed by atoms with Gasteiger partial charge in [0.15, 0.2) is 0 Å². The summed E-state index contributed by atoms with van der Waals surface area (Å²) in [7, 11) is 0. The van der Waals surface area contributed by atoms with Crippen molar-refractivity contribution < 1.29 is 9.90 Å². The van der Waals surface area contributed by atoms with E-state index in [1.807, 2.05) is 0 Å². The van der Waals surface area contributed by atoms with Gasteiger partial charge in [0.05, 0.1) is 0 Å². The number of carbonyl (C=O) groups is 1. The van der Waals surface area contributed by atoms with Gasteiger partial charge in [-0.2, -0.15) is 0 Å². The van der Waals surface area contributed by atoms with Crippen LogP contribution < -0.4 is 0 Å². The van der Waals surface area contributed by atoms with Crippen molar-refractivity contribution in [2.24, 2.45) is 0 Å². The first-order valence-electron chi connectivity index (χ1n) is 2.49. The molecule has 0 atom stereocenters. The van der Waals surface area contributed by atoms with Crippen LogP contribution in [0.25, 0.3) is 0 Å². The largest absolute Gasteiger partial charge is 0.507 e. The summed E-state index contributed by atoms with van der Waals surface area (Å²) in [6, 6.07) is 6.85. The second kappa shape index (κ2) is 2.31. The molecular weight excluding hydrogens is 116 g/mol. The summed E-state index contributed by atoms with van der Waals surface area (Å²) in [6.45, 7) is 0. The van der Waals surface area contributed by atoms with Crippen LogP contribution in [-0.4, -0.2) is 11.4 Å². The molecule has 0 heterocycles. The lowest BCUT2D eigenvalue weighted by molar-refractivity contribution is 0.112. The minimum absolute atomic E-state index is 0.0561. The Bertz CT molecular complexity index is 201. The van der Waals surface area contributed by atoms with E-state index in [1.165, 1.54) is 18.2 Å². The van der Waals surface area contributed by atoms with Crippen molar-refractivity contribution in [1.29, 1.82) is 0 Å². The molecule has 2 heteroatoms. The third-order valence-electron chi connectivity index (χ3n) is 0.956. The number of rotatable bonds is 1. The zero-order valence-corrected chi connectivity index (χ0v) is 4.66. The van der Waals surface area contributed by atoms with Crippen molar-refractivity contribution in [3.05, 3.63) is 29.8 Å². The highest BCUT2D eigenvalue weighted by Gasteiger charge is 1.87. The van der Waals surface area contributed by atoms with Crippen molar-refractivity contribution in [2.75, 3.05) is 0 Å². The number of phenolic OH excluding ortho intramolecular Hbond substituents is 1. The third kappa shape index (κ3) is 1.29. The third-order valence-corrected chi connectivity index (χ3v) is 0.956. The summed E-state index contributed by atoms with van der Waals surface area (Å²) in [6.07, 6.45) is 0.704. The van der Waals surface area contributed by atoms with Gasteiger partial charge in [-0.15, -0.1) is 0 Å². The molecule has 0 bridgehead atoms. The highest BCUT2D eigenvalue weighted by atomic mass is 16.3. The Morgan fingerprint density at radius 1 is 1.56 bits per heavy atom. The SMILES string of the molecule is O=Cc1c[c]c(O)cc1. The number of aromatic hydroxyl groups is 1. The van der Waals surface area contributed by atoms with Crippen LogP contribution >= 0.6 is 0 Å². The molecule has 0 aliphatic carbocycles. The smallest absolute Gasteiger partial charge is 0.150 e. The molecule has 0 saturated heterocycles. The summed E-state index contributed by atoms with van der Waals surface area (Å²) < 4.78 is 0. The molecule has 1 N–H and O–H groups in total. The minimum Gasteiger partial charge on any atom is -0.507 e. The summed E-state index contributed by atoms with van der Waals surface area (Å²) in [5.74, 6) is 0.0561. The average molecular weight is 121 g/mol. The molecule has 0 saturated carbocycles. The lowest BCUT2D eigenvalue weighted by Gasteiger charge is -1.87. The van der Waals surface area contributed by atoms with Crippen LogP contribution in [0.3, 0.4) is 0 Å². The number of hydrogen-bond donors (Lipinski definition) is 1. The highest BCUT2D eigenvalue weighted by molar-refractivity contribution is 5.74. The average Bonchev–Trinajstić information content (AvgIpc) is 1.90. The molecule has 1 aromatic carbocycles. The van der Waals surface area contributed by atoms with Crippen LogP contribution in [0.1, 0.15) is 10.4 Å². The van der Waals surface area contributed by atoms with Gasteiger partial charge in [-0.3, -0.25) is 4.79 Å². The Kier molecular flexibility index (Phi) is 1.49. The standard InChI is InChI=1S/C7H5O2/c8-5-6-1-3-7(9)4-2-6/h1-3,5,9H. The van der Waals surface area contributed by atoms with Crippen LogP contribution in [0.2, 0.25) is 0 Å². The predicted octanol–water partition coefficient (Wildman–Crippen LogP) is 1.00. The van der Waals surface area contributed by atoms with Gasteiger partial charge < -0.3 is 5.11 Å². The van der Waals surface area contributed by atoms with E-state index in [0.717, 1.165) is 0 Å². The van der Waals surface area contributed by atoms with E-state index in [2.05, 4.69) is 6.07 Å². The molecule has 1 aromatic rings. The fourth-order valence-electron chi connectivity index (χ4n) is 0.502. The highest BCUT2D eigenvalue weighted by Crippen LogP contribution is 2.05. The van der Waals surface area contributed by atoms with Gasteiger partial charge in [-0.05, 0) is 18.2 Å². The molecule has 0 amide bonds. The van der Waals surface area contributed by atoms with Crippen LogP contribution in [0.4, 0.5) is 0 Å². The lowest BCUT2D eigenvalue weighted by Crippen LogP contribution is -1.75. The molecule has 9 heavy (non-hydrogen) atoms. The topological polar surface area (TPSA) is 37.3 Å². The van der Waals surface area contributed by atoms with E-state index in [9.17, 15) is 4.79 Å².